The van der Waals surface area contributed by atoms with Crippen molar-refractivity contribution >= 4 is 52.8 Å². The zero-order valence-electron chi connectivity index (χ0n) is 17.0. The van der Waals surface area contributed by atoms with E-state index >= 15 is 0 Å². The van der Waals surface area contributed by atoms with E-state index in [-0.39, 0.29) is 46.6 Å². The minimum absolute atomic E-state index is 0.0383. The monoisotopic (exact) mass is 470 g/mol. The third-order valence-corrected chi connectivity index (χ3v) is 4.43. The van der Waals surface area contributed by atoms with Gasteiger partial charge in [0, 0.05) is 5.02 Å². The first-order valence-electron chi connectivity index (χ1n) is 9.20. The van der Waals surface area contributed by atoms with Gasteiger partial charge in [-0.2, -0.15) is 0 Å². The molecular weight excluding hydrogens is 451 g/mol. The second-order valence-electron chi connectivity index (χ2n) is 6.03. The first-order chi connectivity index (χ1) is 14.7. The SMILES string of the molecule is CCOC(=O)c1c(C)oc(NC(=O)CNC(=O)c2ccc(Cl)cc2Cl)c1C(=O)OCC. The lowest BCUT2D eigenvalue weighted by Gasteiger charge is -2.08. The van der Waals surface area contributed by atoms with Gasteiger partial charge in [0.05, 0.1) is 30.3 Å². The number of rotatable bonds is 8. The van der Waals surface area contributed by atoms with Crippen LogP contribution in [0.5, 0.6) is 0 Å². The Hall–Kier alpha value is -3.04. The molecule has 11 heteroatoms. The zero-order valence-corrected chi connectivity index (χ0v) is 18.5. The molecule has 1 aromatic carbocycles. The molecule has 31 heavy (non-hydrogen) atoms. The highest BCUT2D eigenvalue weighted by Crippen LogP contribution is 2.29. The molecule has 0 saturated carbocycles. The van der Waals surface area contributed by atoms with Crippen LogP contribution in [0.2, 0.25) is 10.0 Å². The Labute approximate surface area is 188 Å². The van der Waals surface area contributed by atoms with E-state index in [1.165, 1.54) is 25.1 Å². The summed E-state index contributed by atoms with van der Waals surface area (Å²) in [6, 6.07) is 4.29. The topological polar surface area (TPSA) is 124 Å². The number of aryl methyl sites for hydroxylation is 1. The lowest BCUT2D eigenvalue weighted by Crippen LogP contribution is -2.33. The summed E-state index contributed by atoms with van der Waals surface area (Å²) >= 11 is 11.8. The van der Waals surface area contributed by atoms with Gasteiger partial charge < -0.3 is 19.2 Å². The highest BCUT2D eigenvalue weighted by atomic mass is 35.5. The molecule has 2 amide bonds. The lowest BCUT2D eigenvalue weighted by atomic mass is 10.1. The second-order valence-corrected chi connectivity index (χ2v) is 6.88. The summed E-state index contributed by atoms with van der Waals surface area (Å²) in [5.41, 5.74) is -0.282. The van der Waals surface area contributed by atoms with Crippen molar-refractivity contribution in [3.63, 3.8) is 0 Å². The smallest absolute Gasteiger partial charge is 0.344 e. The average molecular weight is 471 g/mol. The van der Waals surface area contributed by atoms with Gasteiger partial charge in [-0.1, -0.05) is 23.2 Å². The fraction of sp³-hybridized carbons (Fsp3) is 0.300. The zero-order chi connectivity index (χ0) is 23.1. The molecule has 0 bridgehead atoms. The number of amides is 2. The fourth-order valence-electron chi connectivity index (χ4n) is 2.58. The Morgan fingerprint density at radius 3 is 2.19 bits per heavy atom. The number of carbonyl (C=O) groups is 4. The van der Waals surface area contributed by atoms with Crippen molar-refractivity contribution in [1.82, 2.24) is 5.32 Å². The van der Waals surface area contributed by atoms with Gasteiger partial charge in [0.1, 0.15) is 16.9 Å². The van der Waals surface area contributed by atoms with E-state index in [9.17, 15) is 19.2 Å². The Kier molecular flexibility index (Phi) is 8.47. The van der Waals surface area contributed by atoms with Crippen molar-refractivity contribution in [1.29, 1.82) is 0 Å². The van der Waals surface area contributed by atoms with Crippen LogP contribution in [0.25, 0.3) is 0 Å². The normalized spacial score (nSPS) is 10.4. The number of carbonyl (C=O) groups excluding carboxylic acids is 4. The van der Waals surface area contributed by atoms with Crippen LogP contribution in [0.3, 0.4) is 0 Å². The van der Waals surface area contributed by atoms with Crippen LogP contribution >= 0.6 is 23.2 Å². The number of benzene rings is 1. The molecule has 0 aliphatic carbocycles. The van der Waals surface area contributed by atoms with Crippen molar-refractivity contribution < 1.29 is 33.1 Å². The van der Waals surface area contributed by atoms with Crippen LogP contribution < -0.4 is 10.6 Å². The Morgan fingerprint density at radius 2 is 1.61 bits per heavy atom. The second kappa shape index (κ2) is 10.8. The van der Waals surface area contributed by atoms with Gasteiger partial charge in [0.15, 0.2) is 0 Å². The van der Waals surface area contributed by atoms with E-state index in [1.54, 1.807) is 13.8 Å². The van der Waals surface area contributed by atoms with E-state index in [0.29, 0.717) is 5.02 Å². The third kappa shape index (κ3) is 5.99. The van der Waals surface area contributed by atoms with E-state index < -0.39 is 30.3 Å². The van der Waals surface area contributed by atoms with Crippen LogP contribution in [0.15, 0.2) is 22.6 Å². The van der Waals surface area contributed by atoms with Crippen molar-refractivity contribution in [3.8, 4) is 0 Å². The van der Waals surface area contributed by atoms with E-state index in [2.05, 4.69) is 10.6 Å². The molecular formula is C20H20Cl2N2O7. The van der Waals surface area contributed by atoms with Gasteiger partial charge >= 0.3 is 11.9 Å². The number of ether oxygens (including phenoxy) is 2. The van der Waals surface area contributed by atoms with Crippen molar-refractivity contribution in [2.45, 2.75) is 20.8 Å². The van der Waals surface area contributed by atoms with Crippen LogP contribution in [0, 0.1) is 6.92 Å². The van der Waals surface area contributed by atoms with Crippen LogP contribution in [-0.4, -0.2) is 43.5 Å². The largest absolute Gasteiger partial charge is 0.462 e. The van der Waals surface area contributed by atoms with Gasteiger partial charge in [-0.15, -0.1) is 0 Å². The molecule has 9 nitrogen and oxygen atoms in total. The number of anilines is 1. The molecule has 0 aliphatic rings. The molecule has 1 aromatic heterocycles. The van der Waals surface area contributed by atoms with E-state index in [1.807, 2.05) is 0 Å². The van der Waals surface area contributed by atoms with Crippen LogP contribution in [-0.2, 0) is 14.3 Å². The standard InChI is InChI=1S/C20H20Cl2N2O7/c1-4-29-19(27)15-10(3)31-18(16(15)20(28)30-5-2)24-14(25)9-23-17(26)12-7-6-11(21)8-13(12)22/h6-8H,4-5,9H2,1-3H3,(H,23,26)(H,24,25). The fourth-order valence-corrected chi connectivity index (χ4v) is 3.07. The number of halogens is 2. The van der Waals surface area contributed by atoms with Crippen LogP contribution in [0.1, 0.15) is 50.7 Å². The minimum Gasteiger partial charge on any atom is -0.462 e. The molecule has 2 N–H and O–H groups in total. The number of esters is 2. The summed E-state index contributed by atoms with van der Waals surface area (Å²) in [6.07, 6.45) is 0. The number of nitrogens with one attached hydrogen (secondary N) is 2. The number of hydrogen-bond acceptors (Lipinski definition) is 7. The molecule has 0 atom stereocenters. The van der Waals surface area contributed by atoms with E-state index in [4.69, 9.17) is 37.1 Å². The summed E-state index contributed by atoms with van der Waals surface area (Å²) in [4.78, 5) is 49.2. The Bertz CT molecular complexity index is 1020. The maximum absolute atomic E-state index is 12.4. The molecule has 2 aromatic rings. The molecule has 0 saturated heterocycles. The van der Waals surface area contributed by atoms with Crippen molar-refractivity contribution in [3.05, 3.63) is 50.7 Å². The summed E-state index contributed by atoms with van der Waals surface area (Å²) in [5.74, 6) is -3.21. The maximum Gasteiger partial charge on any atom is 0.344 e. The summed E-state index contributed by atoms with van der Waals surface area (Å²) < 4.78 is 15.3. The molecule has 0 aliphatic heterocycles. The van der Waals surface area contributed by atoms with Gasteiger partial charge in [0.25, 0.3) is 5.91 Å². The lowest BCUT2D eigenvalue weighted by molar-refractivity contribution is -0.115. The quantitative estimate of drug-likeness (QED) is 0.564. The van der Waals surface area contributed by atoms with E-state index in [0.717, 1.165) is 0 Å². The molecule has 2 rings (SSSR count). The Morgan fingerprint density at radius 1 is 1.00 bits per heavy atom. The molecule has 1 heterocycles. The molecule has 0 radical (unpaired) electrons. The minimum atomic E-state index is -0.866. The summed E-state index contributed by atoms with van der Waals surface area (Å²) in [5, 5.41) is 5.22. The van der Waals surface area contributed by atoms with Gasteiger partial charge in [-0.3, -0.25) is 14.9 Å². The molecule has 0 spiro atoms. The number of furan rings is 1. The molecule has 0 unspecified atom stereocenters. The highest BCUT2D eigenvalue weighted by molar-refractivity contribution is 6.36. The van der Waals surface area contributed by atoms with Gasteiger partial charge in [-0.25, -0.2) is 9.59 Å². The molecule has 0 fully saturated rings. The van der Waals surface area contributed by atoms with Crippen molar-refractivity contribution in [2.75, 3.05) is 25.1 Å². The highest BCUT2D eigenvalue weighted by Gasteiger charge is 2.31. The summed E-state index contributed by atoms with van der Waals surface area (Å²) in [7, 11) is 0. The third-order valence-electron chi connectivity index (χ3n) is 3.88. The summed E-state index contributed by atoms with van der Waals surface area (Å²) in [6.45, 7) is 4.28. The average Bonchev–Trinajstić information content (AvgIpc) is 3.02. The van der Waals surface area contributed by atoms with Gasteiger partial charge in [-0.05, 0) is 39.0 Å². The predicted octanol–water partition coefficient (Wildman–Crippen LogP) is 3.62. The van der Waals surface area contributed by atoms with Gasteiger partial charge in [0.2, 0.25) is 11.8 Å². The maximum atomic E-state index is 12.4. The predicted molar refractivity (Wildman–Crippen MR) is 113 cm³/mol. The molecule has 166 valence electrons. The Balaban J connectivity index is 2.18. The first-order valence-corrected chi connectivity index (χ1v) is 9.95. The first kappa shape index (κ1) is 24.2. The van der Waals surface area contributed by atoms with Crippen LogP contribution in [0.4, 0.5) is 5.88 Å². The van der Waals surface area contributed by atoms with Crippen molar-refractivity contribution in [2.24, 2.45) is 0 Å². The number of hydrogen-bond donors (Lipinski definition) is 2.